The number of hydrogen-bond acceptors (Lipinski definition) is 9. The van der Waals surface area contributed by atoms with Crippen molar-refractivity contribution in [3.63, 3.8) is 0 Å². The predicted molar refractivity (Wildman–Crippen MR) is 156 cm³/mol. The van der Waals surface area contributed by atoms with Crippen molar-refractivity contribution in [1.29, 1.82) is 0 Å². The van der Waals surface area contributed by atoms with Crippen molar-refractivity contribution >= 4 is 57.8 Å². The molecule has 1 aliphatic rings. The maximum atomic E-state index is 13.0. The summed E-state index contributed by atoms with van der Waals surface area (Å²) in [6, 6.07) is 18.5. The zero-order chi connectivity index (χ0) is 28.6. The fraction of sp³-hybridized carbons (Fsp3) is 0.143. The van der Waals surface area contributed by atoms with Crippen molar-refractivity contribution < 1.29 is 33.3 Å². The number of carbonyl (C=O) groups is 3. The van der Waals surface area contributed by atoms with E-state index in [1.807, 2.05) is 0 Å². The zero-order valence-corrected chi connectivity index (χ0v) is 23.4. The van der Waals surface area contributed by atoms with Crippen molar-refractivity contribution in [2.24, 2.45) is 0 Å². The minimum atomic E-state index is -0.488. The number of rotatable bonds is 10. The van der Waals surface area contributed by atoms with Gasteiger partial charge in [0.2, 0.25) is 0 Å². The molecule has 206 valence electrons. The minimum absolute atomic E-state index is 0.186. The molecule has 12 heteroatoms. The molecule has 0 aliphatic carbocycles. The van der Waals surface area contributed by atoms with Gasteiger partial charge < -0.3 is 24.3 Å². The summed E-state index contributed by atoms with van der Waals surface area (Å²) in [5.41, 5.74) is 4.04. The number of ether oxygens (including phenoxy) is 4. The number of nitrogens with zero attached hydrogens (tertiary/aromatic N) is 1. The minimum Gasteiger partial charge on any atom is -0.497 e. The Morgan fingerprint density at radius 3 is 2.35 bits per heavy atom. The molecule has 0 spiro atoms. The van der Waals surface area contributed by atoms with Crippen LogP contribution in [0.4, 0.5) is 5.69 Å². The lowest BCUT2D eigenvalue weighted by Crippen LogP contribution is -2.44. The second-order valence-electron chi connectivity index (χ2n) is 8.13. The van der Waals surface area contributed by atoms with E-state index in [1.165, 1.54) is 21.3 Å². The molecule has 1 heterocycles. The molecule has 3 aromatic carbocycles. The van der Waals surface area contributed by atoms with Gasteiger partial charge in [-0.3, -0.25) is 19.8 Å². The van der Waals surface area contributed by atoms with Gasteiger partial charge in [0.25, 0.3) is 17.7 Å². The van der Waals surface area contributed by atoms with Crippen LogP contribution in [0.15, 0.2) is 71.6 Å². The average Bonchev–Trinajstić information content (AvgIpc) is 3.23. The lowest BCUT2D eigenvalue weighted by atomic mass is 10.2. The third-order valence-corrected chi connectivity index (χ3v) is 6.89. The number of thiocarbonyl (C=S) groups is 1. The number of thioether (sulfide) groups is 1. The van der Waals surface area contributed by atoms with E-state index in [4.69, 9.17) is 31.2 Å². The number of hydrogen-bond donors (Lipinski definition) is 2. The first-order chi connectivity index (χ1) is 19.3. The number of nitrogens with one attached hydrogen (secondary N) is 2. The lowest BCUT2D eigenvalue weighted by Gasteiger charge is -2.15. The molecule has 3 aromatic rings. The summed E-state index contributed by atoms with van der Waals surface area (Å²) in [6.07, 6.45) is 1.62. The highest BCUT2D eigenvalue weighted by Gasteiger charge is 2.34. The standard InChI is InChI=1S/C28H25N3O7S2/c1-35-19-11-9-18(10-12-19)26(33)30-31-27(34)24(40-28(31)39)15-17-8-13-22(23(14-17)37-3)38-16-25(32)29-20-6-4-5-7-21(20)36-2/h4-15H,16H2,1-3H3,(H,29,32)(H,30,33)/b24-15-. The first-order valence-corrected chi connectivity index (χ1v) is 13.0. The van der Waals surface area contributed by atoms with E-state index in [0.29, 0.717) is 44.7 Å². The topological polar surface area (TPSA) is 115 Å². The summed E-state index contributed by atoms with van der Waals surface area (Å²) >= 11 is 6.37. The molecule has 0 radical (unpaired) electrons. The normalized spacial score (nSPS) is 13.7. The predicted octanol–water partition coefficient (Wildman–Crippen LogP) is 4.28. The van der Waals surface area contributed by atoms with Crippen LogP contribution in [0.5, 0.6) is 23.0 Å². The third-order valence-electron chi connectivity index (χ3n) is 5.58. The van der Waals surface area contributed by atoms with Crippen LogP contribution in [0, 0.1) is 0 Å². The number of para-hydroxylation sites is 2. The van der Waals surface area contributed by atoms with E-state index < -0.39 is 11.8 Å². The molecule has 0 saturated carbocycles. The van der Waals surface area contributed by atoms with E-state index in [0.717, 1.165) is 16.8 Å². The summed E-state index contributed by atoms with van der Waals surface area (Å²) in [6.45, 7) is -0.264. The molecule has 4 rings (SSSR count). The summed E-state index contributed by atoms with van der Waals surface area (Å²) < 4.78 is 21.6. The molecule has 10 nitrogen and oxygen atoms in total. The van der Waals surface area contributed by atoms with Crippen molar-refractivity contribution in [3.8, 4) is 23.0 Å². The third kappa shape index (κ3) is 6.71. The Hall–Kier alpha value is -4.55. The molecule has 0 atom stereocenters. The fourth-order valence-electron chi connectivity index (χ4n) is 3.59. The lowest BCUT2D eigenvalue weighted by molar-refractivity contribution is -0.123. The molecule has 2 N–H and O–H groups in total. The molecule has 1 saturated heterocycles. The molecule has 1 fully saturated rings. The summed E-state index contributed by atoms with van der Waals surface area (Å²) in [5.74, 6) is 0.506. The monoisotopic (exact) mass is 579 g/mol. The number of benzene rings is 3. The van der Waals surface area contributed by atoms with Gasteiger partial charge in [-0.15, -0.1) is 0 Å². The van der Waals surface area contributed by atoms with Gasteiger partial charge in [-0.05, 0) is 72.4 Å². The van der Waals surface area contributed by atoms with Gasteiger partial charge in [0, 0.05) is 5.56 Å². The molecule has 3 amide bonds. The van der Waals surface area contributed by atoms with Crippen LogP contribution in [0.25, 0.3) is 6.08 Å². The summed E-state index contributed by atoms with van der Waals surface area (Å²) in [4.78, 5) is 38.3. The van der Waals surface area contributed by atoms with E-state index in [2.05, 4.69) is 10.7 Å². The molecule has 1 aliphatic heterocycles. The van der Waals surface area contributed by atoms with Crippen molar-refractivity contribution in [2.45, 2.75) is 0 Å². The van der Waals surface area contributed by atoms with Gasteiger partial charge in [0.1, 0.15) is 11.5 Å². The Labute approximate surface area is 240 Å². The molecular formula is C28H25N3O7S2. The number of methoxy groups -OCH3 is 3. The van der Waals surface area contributed by atoms with Crippen LogP contribution < -0.4 is 29.7 Å². The molecule has 0 aromatic heterocycles. The maximum Gasteiger partial charge on any atom is 0.285 e. The van der Waals surface area contributed by atoms with Gasteiger partial charge in [0.15, 0.2) is 22.4 Å². The first kappa shape index (κ1) is 28.5. The van der Waals surface area contributed by atoms with Crippen LogP contribution in [-0.2, 0) is 9.59 Å². The zero-order valence-electron chi connectivity index (χ0n) is 21.8. The van der Waals surface area contributed by atoms with E-state index >= 15 is 0 Å². The van der Waals surface area contributed by atoms with Crippen LogP contribution in [-0.4, -0.2) is 55.0 Å². The summed E-state index contributed by atoms with van der Waals surface area (Å²) in [5, 5.41) is 3.77. The van der Waals surface area contributed by atoms with Gasteiger partial charge >= 0.3 is 0 Å². The largest absolute Gasteiger partial charge is 0.497 e. The Morgan fingerprint density at radius 1 is 0.925 bits per heavy atom. The van der Waals surface area contributed by atoms with Gasteiger partial charge in [0.05, 0.1) is 31.9 Å². The average molecular weight is 580 g/mol. The van der Waals surface area contributed by atoms with E-state index in [1.54, 1.807) is 72.8 Å². The Bertz CT molecular complexity index is 1470. The molecular weight excluding hydrogens is 554 g/mol. The first-order valence-electron chi connectivity index (χ1n) is 11.8. The molecule has 40 heavy (non-hydrogen) atoms. The highest BCUT2D eigenvalue weighted by molar-refractivity contribution is 8.26. The van der Waals surface area contributed by atoms with Crippen LogP contribution in [0.3, 0.4) is 0 Å². The second-order valence-corrected chi connectivity index (χ2v) is 9.81. The van der Waals surface area contributed by atoms with Crippen LogP contribution in [0.2, 0.25) is 0 Å². The molecule has 0 unspecified atom stereocenters. The number of carbonyl (C=O) groups excluding carboxylic acids is 3. The van der Waals surface area contributed by atoms with Crippen LogP contribution >= 0.6 is 24.0 Å². The van der Waals surface area contributed by atoms with Gasteiger partial charge in [-0.1, -0.05) is 30.0 Å². The highest BCUT2D eigenvalue weighted by atomic mass is 32.2. The van der Waals surface area contributed by atoms with Crippen molar-refractivity contribution in [3.05, 3.63) is 82.8 Å². The van der Waals surface area contributed by atoms with E-state index in [9.17, 15) is 14.4 Å². The number of anilines is 1. The second kappa shape index (κ2) is 13.0. The Balaban J connectivity index is 1.40. The summed E-state index contributed by atoms with van der Waals surface area (Å²) in [7, 11) is 4.51. The SMILES string of the molecule is COc1ccc(C(=O)NN2C(=O)/C(=C/c3ccc(OCC(=O)Nc4ccccc4OC)c(OC)c3)SC2=S)cc1. The maximum absolute atomic E-state index is 13.0. The van der Waals surface area contributed by atoms with E-state index in [-0.39, 0.29) is 16.8 Å². The van der Waals surface area contributed by atoms with Gasteiger partial charge in [-0.2, -0.15) is 5.01 Å². The Kier molecular flexibility index (Phi) is 9.25. The quantitative estimate of drug-likeness (QED) is 0.268. The van der Waals surface area contributed by atoms with Crippen LogP contribution in [0.1, 0.15) is 15.9 Å². The Morgan fingerprint density at radius 2 is 1.65 bits per heavy atom. The van der Waals surface area contributed by atoms with Crippen molar-refractivity contribution in [1.82, 2.24) is 10.4 Å². The number of hydrazine groups is 1. The smallest absolute Gasteiger partial charge is 0.285 e. The van der Waals surface area contributed by atoms with Gasteiger partial charge in [-0.25, -0.2) is 0 Å². The molecule has 0 bridgehead atoms. The van der Waals surface area contributed by atoms with Crippen molar-refractivity contribution in [2.75, 3.05) is 33.3 Å². The highest BCUT2D eigenvalue weighted by Crippen LogP contribution is 2.34. The fourth-order valence-corrected chi connectivity index (χ4v) is 4.77. The number of amides is 3.